The minimum absolute atomic E-state index is 0.157. The van der Waals surface area contributed by atoms with Crippen molar-refractivity contribution in [1.82, 2.24) is 0 Å². The molecule has 0 aromatic rings. The van der Waals surface area contributed by atoms with Gasteiger partial charge in [-0.25, -0.2) is 0 Å². The van der Waals surface area contributed by atoms with Gasteiger partial charge in [-0.05, 0) is 24.7 Å². The van der Waals surface area contributed by atoms with Crippen molar-refractivity contribution in [3.63, 3.8) is 0 Å². The molecule has 0 saturated carbocycles. The van der Waals surface area contributed by atoms with Crippen LogP contribution in [0.25, 0.3) is 0 Å². The Morgan fingerprint density at radius 2 is 1.60 bits per heavy atom. The maximum Gasteiger partial charge on any atom is 0.434 e. The van der Waals surface area contributed by atoms with Gasteiger partial charge in [0.1, 0.15) is 12.2 Å². The highest BCUT2D eigenvalue weighted by Crippen LogP contribution is 2.57. The Morgan fingerprint density at radius 1 is 1.06 bits per heavy atom. The molecule has 7 nitrogen and oxygen atoms in total. The first-order valence-electron chi connectivity index (χ1n) is 11.1. The maximum atomic E-state index is 13.2. The first-order valence-corrected chi connectivity index (χ1v) is 11.1. The lowest BCUT2D eigenvalue weighted by Gasteiger charge is -2.38. The summed E-state index contributed by atoms with van der Waals surface area (Å²) >= 11 is 0. The van der Waals surface area contributed by atoms with Crippen molar-refractivity contribution < 1.29 is 59.7 Å². The van der Waals surface area contributed by atoms with Gasteiger partial charge in [0.2, 0.25) is 0 Å². The molecule has 6 atom stereocenters. The van der Waals surface area contributed by atoms with Crippen molar-refractivity contribution in [2.45, 2.75) is 97.3 Å². The molecule has 6 unspecified atom stereocenters. The highest BCUT2D eigenvalue weighted by atomic mass is 19.4. The average Bonchev–Trinajstić information content (AvgIpc) is 3.24. The van der Waals surface area contributed by atoms with Crippen LogP contribution in [0.15, 0.2) is 0 Å². The summed E-state index contributed by atoms with van der Waals surface area (Å²) in [6.45, 7) is 11.2. The zero-order valence-electron chi connectivity index (χ0n) is 20.0. The molecule has 3 saturated heterocycles. The maximum absolute atomic E-state index is 13.2. The van der Waals surface area contributed by atoms with Gasteiger partial charge in [-0.1, -0.05) is 34.6 Å². The fourth-order valence-corrected chi connectivity index (χ4v) is 5.11. The van der Waals surface area contributed by atoms with E-state index >= 15 is 0 Å². The van der Waals surface area contributed by atoms with E-state index < -0.39 is 78.0 Å². The zero-order valence-corrected chi connectivity index (χ0v) is 20.0. The van der Waals surface area contributed by atoms with Gasteiger partial charge >= 0.3 is 30.3 Å². The van der Waals surface area contributed by atoms with Crippen LogP contribution in [-0.2, 0) is 33.3 Å². The molecule has 35 heavy (non-hydrogen) atoms. The van der Waals surface area contributed by atoms with Gasteiger partial charge in [0.05, 0.1) is 5.41 Å². The van der Waals surface area contributed by atoms with Crippen molar-refractivity contribution >= 4 is 17.9 Å². The Kier molecular flexibility index (Phi) is 6.48. The second-order valence-corrected chi connectivity index (χ2v) is 11.2. The van der Waals surface area contributed by atoms with E-state index in [0.717, 1.165) is 0 Å². The first kappa shape index (κ1) is 27.5. The lowest BCUT2D eigenvalue weighted by atomic mass is 9.68. The number of carbonyl (C=O) groups is 3. The van der Waals surface area contributed by atoms with E-state index in [4.69, 9.17) is 14.2 Å². The van der Waals surface area contributed by atoms with E-state index in [2.05, 4.69) is 4.74 Å². The predicted octanol–water partition coefficient (Wildman–Crippen LogP) is 4.12. The SMILES string of the molecule is CC(C)C(C)(CC(C)(C)C)C(=O)OC1C2CC3(C(=O)OC(C(F)(F)F)C(F)(F)F)C(=O)OC1C3O2. The molecule has 0 radical (unpaired) electrons. The molecule has 0 aromatic heterocycles. The summed E-state index contributed by atoms with van der Waals surface area (Å²) in [5.41, 5.74) is -3.71. The van der Waals surface area contributed by atoms with Crippen LogP contribution in [0.1, 0.15) is 54.4 Å². The highest BCUT2D eigenvalue weighted by molar-refractivity contribution is 6.03. The summed E-state index contributed by atoms with van der Waals surface area (Å²) in [6, 6.07) is 0. The van der Waals surface area contributed by atoms with E-state index in [-0.39, 0.29) is 11.3 Å². The third-order valence-corrected chi connectivity index (χ3v) is 6.99. The Morgan fingerprint density at radius 3 is 2.06 bits per heavy atom. The smallest absolute Gasteiger partial charge is 0.434 e. The quantitative estimate of drug-likeness (QED) is 0.226. The van der Waals surface area contributed by atoms with Crippen LogP contribution in [0.4, 0.5) is 26.3 Å². The largest absolute Gasteiger partial charge is 0.455 e. The molecule has 3 aliphatic rings. The second kappa shape index (κ2) is 8.24. The molecule has 0 N–H and O–H groups in total. The molecule has 3 rings (SSSR count). The minimum atomic E-state index is -5.95. The number of esters is 3. The lowest BCUT2D eigenvalue weighted by Crippen LogP contribution is -2.54. The van der Waals surface area contributed by atoms with Gasteiger partial charge < -0.3 is 18.9 Å². The topological polar surface area (TPSA) is 88.1 Å². The van der Waals surface area contributed by atoms with Gasteiger partial charge in [-0.15, -0.1) is 0 Å². The number of halogens is 6. The highest BCUT2D eigenvalue weighted by Gasteiger charge is 2.78. The molecule has 3 aliphatic heterocycles. The number of rotatable bonds is 6. The van der Waals surface area contributed by atoms with Gasteiger partial charge in [0, 0.05) is 6.42 Å². The third kappa shape index (κ3) is 4.60. The monoisotopic (exact) mass is 518 g/mol. The summed E-state index contributed by atoms with van der Waals surface area (Å²) in [5, 5.41) is 0. The van der Waals surface area contributed by atoms with E-state index in [9.17, 15) is 40.7 Å². The van der Waals surface area contributed by atoms with Crippen molar-refractivity contribution in [2.24, 2.45) is 22.2 Å². The Bertz CT molecular complexity index is 878. The van der Waals surface area contributed by atoms with Crippen LogP contribution < -0.4 is 0 Å². The van der Waals surface area contributed by atoms with Crippen LogP contribution in [-0.4, -0.2) is 60.8 Å². The van der Waals surface area contributed by atoms with E-state index in [1.165, 1.54) is 0 Å². The zero-order chi connectivity index (χ0) is 26.9. The van der Waals surface area contributed by atoms with Gasteiger partial charge in [-0.3, -0.25) is 14.4 Å². The lowest BCUT2D eigenvalue weighted by molar-refractivity contribution is -0.315. The number of fused-ring (bicyclic) bond motifs is 1. The fraction of sp³-hybridized carbons (Fsp3) is 0.864. The van der Waals surface area contributed by atoms with Crippen molar-refractivity contribution in [3.8, 4) is 0 Å². The van der Waals surface area contributed by atoms with E-state index in [1.54, 1.807) is 6.92 Å². The predicted molar refractivity (Wildman–Crippen MR) is 104 cm³/mol. The van der Waals surface area contributed by atoms with Gasteiger partial charge in [0.25, 0.3) is 6.10 Å². The second-order valence-electron chi connectivity index (χ2n) is 11.2. The molecule has 0 aromatic carbocycles. The molecule has 0 amide bonds. The average molecular weight is 518 g/mol. The molecular weight excluding hydrogens is 490 g/mol. The summed E-state index contributed by atoms with van der Waals surface area (Å²) in [7, 11) is 0. The first-order chi connectivity index (χ1) is 15.6. The van der Waals surface area contributed by atoms with Crippen molar-refractivity contribution in [3.05, 3.63) is 0 Å². The number of hydrogen-bond donors (Lipinski definition) is 0. The fourth-order valence-electron chi connectivity index (χ4n) is 5.11. The standard InChI is InChI=1S/C22H28F6O7/c1-9(2)19(6,8-18(3,4)5)15(29)33-11-10-7-20(13(32-10)12(11)34-16(20)30)17(31)35-14(21(23,24)25)22(26,27)28/h9-14H,7-8H2,1-6H3. The van der Waals surface area contributed by atoms with Crippen LogP contribution in [0.2, 0.25) is 0 Å². The molecule has 0 spiro atoms. The summed E-state index contributed by atoms with van der Waals surface area (Å²) in [5.74, 6) is -4.19. The minimum Gasteiger partial charge on any atom is -0.455 e. The number of ether oxygens (including phenoxy) is 4. The molecule has 3 fully saturated rings. The third-order valence-electron chi connectivity index (χ3n) is 6.99. The van der Waals surface area contributed by atoms with E-state index in [0.29, 0.717) is 6.42 Å². The van der Waals surface area contributed by atoms with Crippen LogP contribution >= 0.6 is 0 Å². The molecule has 13 heteroatoms. The molecular formula is C22H28F6O7. The van der Waals surface area contributed by atoms with Gasteiger partial charge in [-0.2, -0.15) is 26.3 Å². The molecule has 3 heterocycles. The summed E-state index contributed by atoms with van der Waals surface area (Å²) in [4.78, 5) is 38.3. The van der Waals surface area contributed by atoms with Crippen molar-refractivity contribution in [1.29, 1.82) is 0 Å². The van der Waals surface area contributed by atoms with Crippen molar-refractivity contribution in [2.75, 3.05) is 0 Å². The molecule has 0 aliphatic carbocycles. The Labute approximate surface area is 197 Å². The summed E-state index contributed by atoms with van der Waals surface area (Å²) < 4.78 is 97.4. The molecule has 200 valence electrons. The van der Waals surface area contributed by atoms with Crippen LogP contribution in [0.5, 0.6) is 0 Å². The number of hydrogen-bond acceptors (Lipinski definition) is 7. The number of alkyl halides is 6. The van der Waals surface area contributed by atoms with Gasteiger partial charge in [0.15, 0.2) is 17.6 Å². The molecule has 2 bridgehead atoms. The Balaban J connectivity index is 1.81. The van der Waals surface area contributed by atoms with Crippen LogP contribution in [0, 0.1) is 22.2 Å². The van der Waals surface area contributed by atoms with Crippen LogP contribution in [0.3, 0.4) is 0 Å². The van der Waals surface area contributed by atoms with E-state index in [1.807, 2.05) is 34.6 Å². The Hall–Kier alpha value is -2.05. The summed E-state index contributed by atoms with van der Waals surface area (Å²) in [6.07, 6.45) is -21.7. The number of carbonyl (C=O) groups excluding carboxylic acids is 3. The normalized spacial score (nSPS) is 32.1.